The van der Waals surface area contributed by atoms with E-state index in [0.717, 1.165) is 0 Å². The Bertz CT molecular complexity index is 1470. The van der Waals surface area contributed by atoms with E-state index in [9.17, 15) is 0 Å². The van der Waals surface area contributed by atoms with Crippen molar-refractivity contribution in [3.63, 3.8) is 0 Å². The minimum absolute atomic E-state index is 1.20. The fourth-order valence-electron chi connectivity index (χ4n) is 5.00. The Kier molecular flexibility index (Phi) is 5.16. The summed E-state index contributed by atoms with van der Waals surface area (Å²) in [6.07, 6.45) is 7.47. The number of hydrogen-bond donors (Lipinski definition) is 0. The normalized spacial score (nSPS) is 12.2. The van der Waals surface area contributed by atoms with E-state index in [4.69, 9.17) is 0 Å². The predicted octanol–water partition coefficient (Wildman–Crippen LogP) is 10.3. The molecule has 0 saturated carbocycles. The lowest BCUT2D eigenvalue weighted by Crippen LogP contribution is -1.81. The minimum Gasteiger partial charge on any atom is -0.140 e. The Morgan fingerprint density at radius 1 is 0.500 bits per heavy atom. The lowest BCUT2D eigenvalue weighted by Gasteiger charge is -2.08. The van der Waals surface area contributed by atoms with Gasteiger partial charge in [-0.25, -0.2) is 0 Å². The van der Waals surface area contributed by atoms with Crippen molar-refractivity contribution in [2.75, 3.05) is 0 Å². The van der Waals surface area contributed by atoms with E-state index < -0.39 is 0 Å². The van der Waals surface area contributed by atoms with E-state index in [0.29, 0.717) is 0 Å². The molecule has 2 aromatic heterocycles. The van der Waals surface area contributed by atoms with Gasteiger partial charge in [-0.1, -0.05) is 51.0 Å². The highest BCUT2D eigenvalue weighted by Crippen LogP contribution is 2.38. The van der Waals surface area contributed by atoms with Crippen LogP contribution < -0.4 is 0 Å². The summed E-state index contributed by atoms with van der Waals surface area (Å²) in [5.74, 6) is 0. The largest absolute Gasteiger partial charge is 0.140 e. The highest BCUT2D eigenvalue weighted by Gasteiger charge is 2.10. The minimum atomic E-state index is 1.20. The topological polar surface area (TPSA) is 0 Å². The molecule has 0 aliphatic rings. The molecule has 0 aliphatic carbocycles. The number of benzene rings is 4. The second kappa shape index (κ2) is 8.17. The van der Waals surface area contributed by atoms with Gasteiger partial charge in [0.25, 0.3) is 0 Å². The van der Waals surface area contributed by atoms with Gasteiger partial charge in [0.2, 0.25) is 0 Å². The highest BCUT2D eigenvalue weighted by molar-refractivity contribution is 7.19. The molecule has 0 spiro atoms. The van der Waals surface area contributed by atoms with Gasteiger partial charge < -0.3 is 0 Å². The van der Waals surface area contributed by atoms with E-state index in [1.807, 2.05) is 22.7 Å². The molecule has 0 amide bonds. The van der Waals surface area contributed by atoms with Crippen molar-refractivity contribution in [3.05, 3.63) is 70.4 Å². The first-order valence-electron chi connectivity index (χ1n) is 12.0. The van der Waals surface area contributed by atoms with Gasteiger partial charge in [0.15, 0.2) is 0 Å². The van der Waals surface area contributed by atoms with Crippen LogP contribution in [0.5, 0.6) is 0 Å². The van der Waals surface area contributed by atoms with Crippen molar-refractivity contribution >= 4 is 75.2 Å². The van der Waals surface area contributed by atoms with Crippen molar-refractivity contribution in [1.29, 1.82) is 0 Å². The average Bonchev–Trinajstić information content (AvgIpc) is 3.40. The highest BCUT2D eigenvalue weighted by atomic mass is 32.1. The van der Waals surface area contributed by atoms with Crippen LogP contribution in [0.3, 0.4) is 0 Å². The molecule has 0 bridgehead atoms. The maximum atomic E-state index is 2.43. The molecule has 0 radical (unpaired) electrons. The number of thiophene rings is 2. The SMILES string of the molecule is CCCCc1cc2cc3c(ccc4c5cc6cc(CCCC)sc6cc5ccc34)cc2s1. The summed E-state index contributed by atoms with van der Waals surface area (Å²) in [6.45, 7) is 4.54. The van der Waals surface area contributed by atoms with Crippen molar-refractivity contribution in [2.45, 2.75) is 52.4 Å². The number of aryl methyl sites for hydroxylation is 2. The van der Waals surface area contributed by atoms with Crippen LogP contribution in [-0.2, 0) is 12.8 Å². The summed E-state index contributed by atoms with van der Waals surface area (Å²) < 4.78 is 2.84. The number of hydrogen-bond acceptors (Lipinski definition) is 2. The van der Waals surface area contributed by atoms with Gasteiger partial charge >= 0.3 is 0 Å². The van der Waals surface area contributed by atoms with E-state index in [-0.39, 0.29) is 0 Å². The summed E-state index contributed by atoms with van der Waals surface area (Å²) in [5.41, 5.74) is 0. The molecular formula is C30H28S2. The van der Waals surface area contributed by atoms with Crippen molar-refractivity contribution in [2.24, 2.45) is 0 Å². The summed E-state index contributed by atoms with van der Waals surface area (Å²) in [4.78, 5) is 3.04. The Morgan fingerprint density at radius 2 is 0.969 bits per heavy atom. The fourth-order valence-corrected chi connectivity index (χ4v) is 7.27. The summed E-state index contributed by atoms with van der Waals surface area (Å²) in [5, 5.41) is 11.0. The van der Waals surface area contributed by atoms with E-state index in [1.54, 1.807) is 0 Å². The molecule has 4 aromatic carbocycles. The molecule has 0 atom stereocenters. The van der Waals surface area contributed by atoms with Gasteiger partial charge in [-0.05, 0) is 105 Å². The van der Waals surface area contributed by atoms with Crippen LogP contribution in [0.1, 0.15) is 49.3 Å². The first-order chi connectivity index (χ1) is 15.7. The summed E-state index contributed by atoms with van der Waals surface area (Å²) in [6, 6.07) is 23.8. The lowest BCUT2D eigenvalue weighted by molar-refractivity contribution is 0.804. The molecule has 32 heavy (non-hydrogen) atoms. The second-order valence-corrected chi connectivity index (χ2v) is 11.4. The average molecular weight is 453 g/mol. The first-order valence-corrected chi connectivity index (χ1v) is 13.6. The third kappa shape index (κ3) is 3.41. The first kappa shape index (κ1) is 20.2. The van der Waals surface area contributed by atoms with Gasteiger partial charge in [-0.3, -0.25) is 0 Å². The van der Waals surface area contributed by atoms with Crippen LogP contribution in [0, 0.1) is 0 Å². The zero-order chi connectivity index (χ0) is 21.7. The molecule has 0 nitrogen and oxygen atoms in total. The molecule has 6 aromatic rings. The molecule has 0 unspecified atom stereocenters. The van der Waals surface area contributed by atoms with Crippen molar-refractivity contribution in [1.82, 2.24) is 0 Å². The molecular weight excluding hydrogens is 424 g/mol. The number of fused-ring (bicyclic) bond motifs is 7. The fraction of sp³-hybridized carbons (Fsp3) is 0.267. The quantitative estimate of drug-likeness (QED) is 0.220. The third-order valence-corrected chi connectivity index (χ3v) is 9.08. The van der Waals surface area contributed by atoms with Crippen LogP contribution in [0.4, 0.5) is 0 Å². The zero-order valence-electron chi connectivity index (χ0n) is 18.8. The molecule has 0 N–H and O–H groups in total. The Labute approximate surface area is 197 Å². The monoisotopic (exact) mass is 452 g/mol. The van der Waals surface area contributed by atoms with Gasteiger partial charge in [0.1, 0.15) is 0 Å². The van der Waals surface area contributed by atoms with Crippen LogP contribution in [0.2, 0.25) is 0 Å². The molecule has 160 valence electrons. The third-order valence-electron chi connectivity index (χ3n) is 6.76. The Hall–Kier alpha value is -2.42. The second-order valence-electron chi connectivity index (χ2n) is 9.08. The Balaban J connectivity index is 1.54. The Morgan fingerprint density at radius 3 is 1.41 bits per heavy atom. The molecule has 6 rings (SSSR count). The molecule has 0 fully saturated rings. The van der Waals surface area contributed by atoms with Crippen molar-refractivity contribution in [3.8, 4) is 0 Å². The predicted molar refractivity (Wildman–Crippen MR) is 147 cm³/mol. The van der Waals surface area contributed by atoms with Crippen LogP contribution in [0.15, 0.2) is 60.7 Å². The maximum absolute atomic E-state index is 2.43. The van der Waals surface area contributed by atoms with E-state index in [2.05, 4.69) is 74.5 Å². The van der Waals surface area contributed by atoms with Crippen LogP contribution in [0.25, 0.3) is 52.5 Å². The number of unbranched alkanes of at least 4 members (excludes halogenated alkanes) is 2. The van der Waals surface area contributed by atoms with Gasteiger partial charge in [0, 0.05) is 19.2 Å². The smallest absolute Gasteiger partial charge is 0.0352 e. The van der Waals surface area contributed by atoms with Gasteiger partial charge in [0.05, 0.1) is 0 Å². The number of rotatable bonds is 6. The molecule has 2 heteroatoms. The zero-order valence-corrected chi connectivity index (χ0v) is 20.5. The van der Waals surface area contributed by atoms with E-state index in [1.165, 1.54) is 101 Å². The van der Waals surface area contributed by atoms with Crippen LogP contribution >= 0.6 is 22.7 Å². The molecule has 2 heterocycles. The molecule has 0 saturated heterocycles. The standard InChI is InChI=1S/C30H28S2/c1-3-5-7-23-13-21-15-27-19(17-29(21)31-23)9-11-26-25(27)12-10-20-18-30-22(16-28(20)26)14-24(32-30)8-6-4-2/h9-18H,3-8H2,1-2H3. The van der Waals surface area contributed by atoms with E-state index >= 15 is 0 Å². The van der Waals surface area contributed by atoms with Crippen LogP contribution in [-0.4, -0.2) is 0 Å². The van der Waals surface area contributed by atoms with Gasteiger partial charge in [-0.2, -0.15) is 0 Å². The lowest BCUT2D eigenvalue weighted by atomic mass is 9.96. The summed E-state index contributed by atoms with van der Waals surface area (Å²) >= 11 is 3.94. The maximum Gasteiger partial charge on any atom is 0.0352 e. The summed E-state index contributed by atoms with van der Waals surface area (Å²) in [7, 11) is 0. The van der Waals surface area contributed by atoms with Gasteiger partial charge in [-0.15, -0.1) is 22.7 Å². The van der Waals surface area contributed by atoms with Crippen molar-refractivity contribution < 1.29 is 0 Å². The molecule has 0 aliphatic heterocycles.